The van der Waals surface area contributed by atoms with E-state index in [2.05, 4.69) is 5.32 Å². The number of ether oxygens (including phenoxy) is 1. The second-order valence-corrected chi connectivity index (χ2v) is 6.27. The van der Waals surface area contributed by atoms with Crippen LogP contribution >= 0.6 is 0 Å². The maximum Gasteiger partial charge on any atom is 0.351 e. The molecule has 0 bridgehead atoms. The molecule has 0 aliphatic rings. The number of hydrogen-bond acceptors (Lipinski definition) is 5. The third-order valence-electron chi connectivity index (χ3n) is 4.46. The number of para-hydroxylation sites is 2. The van der Waals surface area contributed by atoms with E-state index in [-0.39, 0.29) is 5.56 Å². The summed E-state index contributed by atoms with van der Waals surface area (Å²) in [4.78, 5) is 36.6. The quantitative estimate of drug-likeness (QED) is 0.521. The summed E-state index contributed by atoms with van der Waals surface area (Å²) in [7, 11) is 0. The first-order chi connectivity index (χ1) is 13.5. The summed E-state index contributed by atoms with van der Waals surface area (Å²) in [5.74, 6) is -1.36. The van der Waals surface area contributed by atoms with E-state index >= 15 is 0 Å². The van der Waals surface area contributed by atoms with Crippen molar-refractivity contribution in [2.45, 2.75) is 26.7 Å². The molecule has 0 spiro atoms. The summed E-state index contributed by atoms with van der Waals surface area (Å²) < 4.78 is 10.1. The van der Waals surface area contributed by atoms with Gasteiger partial charge in [-0.3, -0.25) is 4.79 Å². The third-order valence-corrected chi connectivity index (χ3v) is 4.46. The van der Waals surface area contributed by atoms with Gasteiger partial charge in [0.2, 0.25) is 0 Å². The number of hydrogen-bond donors (Lipinski definition) is 1. The second-order valence-electron chi connectivity index (χ2n) is 6.27. The predicted octanol–water partition coefficient (Wildman–Crippen LogP) is 3.71. The fourth-order valence-corrected chi connectivity index (χ4v) is 2.99. The zero-order valence-electron chi connectivity index (χ0n) is 15.8. The summed E-state index contributed by atoms with van der Waals surface area (Å²) in [6.45, 7) is 3.51. The molecule has 0 atom stereocenters. The third kappa shape index (κ3) is 4.11. The first kappa shape index (κ1) is 19.4. The molecule has 1 amide bonds. The van der Waals surface area contributed by atoms with Gasteiger partial charge in [-0.25, -0.2) is 9.59 Å². The van der Waals surface area contributed by atoms with Crippen LogP contribution in [0.15, 0.2) is 57.7 Å². The van der Waals surface area contributed by atoms with Crippen LogP contribution in [0.2, 0.25) is 0 Å². The van der Waals surface area contributed by atoms with E-state index in [9.17, 15) is 14.4 Å². The van der Waals surface area contributed by atoms with E-state index < -0.39 is 24.1 Å². The molecule has 6 heteroatoms. The van der Waals surface area contributed by atoms with Gasteiger partial charge in [0, 0.05) is 11.1 Å². The highest BCUT2D eigenvalue weighted by atomic mass is 16.5. The lowest BCUT2D eigenvalue weighted by atomic mass is 10.0. The molecule has 0 unspecified atom stereocenters. The molecule has 3 aromatic rings. The molecule has 0 aliphatic heterocycles. The molecule has 144 valence electrons. The molecule has 0 saturated heterocycles. The van der Waals surface area contributed by atoms with E-state index in [0.717, 1.165) is 29.7 Å². The zero-order valence-corrected chi connectivity index (χ0v) is 15.8. The van der Waals surface area contributed by atoms with Gasteiger partial charge in [0.1, 0.15) is 11.1 Å². The lowest BCUT2D eigenvalue weighted by Crippen LogP contribution is -2.24. The van der Waals surface area contributed by atoms with Gasteiger partial charge in [0.25, 0.3) is 5.91 Å². The number of aryl methyl sites for hydroxylation is 2. The summed E-state index contributed by atoms with van der Waals surface area (Å²) >= 11 is 0. The van der Waals surface area contributed by atoms with Crippen LogP contribution in [0.5, 0.6) is 0 Å². The van der Waals surface area contributed by atoms with E-state index in [0.29, 0.717) is 11.0 Å². The molecule has 6 nitrogen and oxygen atoms in total. The minimum absolute atomic E-state index is 0.241. The van der Waals surface area contributed by atoms with Crippen molar-refractivity contribution in [2.24, 2.45) is 0 Å². The molecule has 2 aromatic carbocycles. The fraction of sp³-hybridized carbons (Fsp3) is 0.227. The van der Waals surface area contributed by atoms with Gasteiger partial charge in [-0.2, -0.15) is 0 Å². The summed E-state index contributed by atoms with van der Waals surface area (Å²) in [6, 6.07) is 14.1. The Morgan fingerprint density at radius 3 is 2.36 bits per heavy atom. The maximum absolute atomic E-state index is 12.3. The van der Waals surface area contributed by atoms with Gasteiger partial charge >= 0.3 is 11.6 Å². The molecule has 0 saturated carbocycles. The van der Waals surface area contributed by atoms with Crippen LogP contribution < -0.4 is 10.9 Å². The molecule has 3 rings (SSSR count). The highest BCUT2D eigenvalue weighted by Crippen LogP contribution is 2.22. The summed E-state index contributed by atoms with van der Waals surface area (Å²) in [5, 5.41) is 3.41. The highest BCUT2D eigenvalue weighted by molar-refractivity contribution is 5.97. The predicted molar refractivity (Wildman–Crippen MR) is 107 cm³/mol. The fourth-order valence-electron chi connectivity index (χ4n) is 2.99. The van der Waals surface area contributed by atoms with Crippen molar-refractivity contribution in [2.75, 3.05) is 11.9 Å². The van der Waals surface area contributed by atoms with Crippen LogP contribution in [0.1, 0.15) is 35.3 Å². The second kappa shape index (κ2) is 8.52. The molecule has 0 fully saturated rings. The van der Waals surface area contributed by atoms with Crippen molar-refractivity contribution in [3.8, 4) is 0 Å². The van der Waals surface area contributed by atoms with Crippen LogP contribution in [-0.4, -0.2) is 18.5 Å². The van der Waals surface area contributed by atoms with E-state index in [1.807, 2.05) is 32.0 Å². The lowest BCUT2D eigenvalue weighted by molar-refractivity contribution is -0.119. The first-order valence-corrected chi connectivity index (χ1v) is 9.14. The van der Waals surface area contributed by atoms with Crippen LogP contribution in [0.25, 0.3) is 11.0 Å². The van der Waals surface area contributed by atoms with Crippen molar-refractivity contribution < 1.29 is 18.7 Å². The number of anilines is 1. The van der Waals surface area contributed by atoms with Gasteiger partial charge in [-0.05, 0) is 36.1 Å². The van der Waals surface area contributed by atoms with Crippen LogP contribution in [0, 0.1) is 0 Å². The average molecular weight is 379 g/mol. The highest BCUT2D eigenvalue weighted by Gasteiger charge is 2.17. The van der Waals surface area contributed by atoms with Crippen LogP contribution in [-0.2, 0) is 22.4 Å². The molecule has 0 aliphatic carbocycles. The van der Waals surface area contributed by atoms with E-state index in [4.69, 9.17) is 9.15 Å². The number of esters is 1. The Morgan fingerprint density at radius 2 is 1.68 bits per heavy atom. The number of carbonyl (C=O) groups is 2. The molecule has 1 N–H and O–H groups in total. The summed E-state index contributed by atoms with van der Waals surface area (Å²) in [5.41, 5.74) is 2.11. The van der Waals surface area contributed by atoms with Gasteiger partial charge in [-0.15, -0.1) is 0 Å². The Balaban J connectivity index is 1.71. The Labute approximate surface area is 162 Å². The van der Waals surface area contributed by atoms with Crippen LogP contribution in [0.3, 0.4) is 0 Å². The average Bonchev–Trinajstić information content (AvgIpc) is 2.71. The summed E-state index contributed by atoms with van der Waals surface area (Å²) in [6.07, 6.45) is 1.53. The molecule has 0 radical (unpaired) electrons. The normalized spacial score (nSPS) is 10.6. The minimum atomic E-state index is -0.894. The molecular formula is C22H21NO5. The van der Waals surface area contributed by atoms with Gasteiger partial charge in [0.15, 0.2) is 6.61 Å². The SMILES string of the molecule is CCc1cccc(CC)c1NC(=O)COC(=O)c1cc2ccccc2oc1=O. The Morgan fingerprint density at radius 1 is 1.00 bits per heavy atom. The number of benzene rings is 2. The molecule has 1 aromatic heterocycles. The van der Waals surface area contributed by atoms with Crippen molar-refractivity contribution in [1.82, 2.24) is 0 Å². The zero-order chi connectivity index (χ0) is 20.1. The minimum Gasteiger partial charge on any atom is -0.452 e. The number of rotatable bonds is 6. The van der Waals surface area contributed by atoms with E-state index in [1.165, 1.54) is 6.07 Å². The van der Waals surface area contributed by atoms with Crippen LogP contribution in [0.4, 0.5) is 5.69 Å². The smallest absolute Gasteiger partial charge is 0.351 e. The largest absolute Gasteiger partial charge is 0.452 e. The monoisotopic (exact) mass is 379 g/mol. The topological polar surface area (TPSA) is 85.6 Å². The first-order valence-electron chi connectivity index (χ1n) is 9.14. The number of carbonyl (C=O) groups excluding carboxylic acids is 2. The van der Waals surface area contributed by atoms with E-state index in [1.54, 1.807) is 24.3 Å². The number of fused-ring (bicyclic) bond motifs is 1. The molecule has 1 heterocycles. The Kier molecular flexibility index (Phi) is 5.89. The number of amides is 1. The lowest BCUT2D eigenvalue weighted by Gasteiger charge is -2.14. The number of nitrogens with one attached hydrogen (secondary N) is 1. The molecule has 28 heavy (non-hydrogen) atoms. The van der Waals surface area contributed by atoms with Crippen molar-refractivity contribution in [3.63, 3.8) is 0 Å². The van der Waals surface area contributed by atoms with Gasteiger partial charge < -0.3 is 14.5 Å². The Bertz CT molecular complexity index is 1060. The molecular weight excluding hydrogens is 358 g/mol. The standard InChI is InChI=1S/C22H21NO5/c1-3-14-9-7-10-15(4-2)20(14)23-19(24)13-27-21(25)17-12-16-8-5-6-11-18(16)28-22(17)26/h5-12H,3-4,13H2,1-2H3,(H,23,24). The van der Waals surface area contributed by atoms with Crippen molar-refractivity contribution in [3.05, 3.63) is 75.6 Å². The van der Waals surface area contributed by atoms with Crippen molar-refractivity contribution >= 4 is 28.5 Å². The van der Waals surface area contributed by atoms with Gasteiger partial charge in [-0.1, -0.05) is 50.2 Å². The van der Waals surface area contributed by atoms with Crippen molar-refractivity contribution in [1.29, 1.82) is 0 Å². The van der Waals surface area contributed by atoms with Gasteiger partial charge in [0.05, 0.1) is 0 Å². The Hall–Kier alpha value is -3.41. The maximum atomic E-state index is 12.3.